The van der Waals surface area contributed by atoms with Crippen molar-refractivity contribution in [2.75, 3.05) is 12.1 Å². The lowest BCUT2D eigenvalue weighted by Gasteiger charge is -2.17. The first kappa shape index (κ1) is 19.7. The maximum absolute atomic E-state index is 13.3. The van der Waals surface area contributed by atoms with E-state index < -0.39 is 5.41 Å². The van der Waals surface area contributed by atoms with Crippen molar-refractivity contribution in [3.8, 4) is 11.5 Å². The number of nitrogens with one attached hydrogen (secondary N) is 2. The lowest BCUT2D eigenvalue weighted by molar-refractivity contribution is -0.118. The van der Waals surface area contributed by atoms with Crippen molar-refractivity contribution >= 4 is 28.3 Å². The van der Waals surface area contributed by atoms with Crippen LogP contribution in [0.1, 0.15) is 63.6 Å². The first-order chi connectivity index (χ1) is 14.7. The molecule has 0 atom stereocenters. The fourth-order valence-corrected chi connectivity index (χ4v) is 4.21. The molecule has 0 saturated heterocycles. The molecular weight excluding hydrogens is 392 g/mol. The monoisotopic (exact) mass is 420 g/mol. The van der Waals surface area contributed by atoms with E-state index in [9.17, 15) is 9.59 Å². The number of hydrogen-bond acceptors (Lipinski definition) is 4. The molecule has 1 aliphatic carbocycles. The first-order valence-electron chi connectivity index (χ1n) is 10.6. The van der Waals surface area contributed by atoms with Gasteiger partial charge >= 0.3 is 0 Å². The van der Waals surface area contributed by atoms with Crippen molar-refractivity contribution in [1.29, 1.82) is 0 Å². The molecule has 31 heavy (non-hydrogen) atoms. The number of hydrogen-bond donors (Lipinski definition) is 2. The number of carbonyl (C=O) groups excluding carboxylic acids is 2. The smallest absolute Gasteiger partial charge is 0.235 e. The number of Topliss-reactive ketones (excluding diaryl/α,β-unsaturated/α-hetero) is 1. The minimum absolute atomic E-state index is 0. The molecule has 2 N–H and O–H groups in total. The molecule has 0 radical (unpaired) electrons. The van der Waals surface area contributed by atoms with Gasteiger partial charge in [-0.15, -0.1) is 0 Å². The molecule has 1 amide bonds. The van der Waals surface area contributed by atoms with E-state index in [4.69, 9.17) is 9.47 Å². The summed E-state index contributed by atoms with van der Waals surface area (Å²) in [5.74, 6) is 1.28. The fourth-order valence-electron chi connectivity index (χ4n) is 4.21. The van der Waals surface area contributed by atoms with E-state index >= 15 is 0 Å². The third-order valence-corrected chi connectivity index (χ3v) is 6.28. The summed E-state index contributed by atoms with van der Waals surface area (Å²) in [5, 5.41) is 3.99. The summed E-state index contributed by atoms with van der Waals surface area (Å²) in [6.45, 7) is 8.12. The largest absolute Gasteiger partial charge is 0.454 e. The molecule has 0 spiro atoms. The average Bonchev–Trinajstić information content (AvgIpc) is 3.17. The molecule has 2 heterocycles. The minimum atomic E-state index is -0.568. The van der Waals surface area contributed by atoms with Crippen molar-refractivity contribution in [3.05, 3.63) is 53.2 Å². The Balaban J connectivity index is 0.00000245. The maximum Gasteiger partial charge on any atom is 0.235 e. The van der Waals surface area contributed by atoms with Gasteiger partial charge < -0.3 is 19.8 Å². The highest BCUT2D eigenvalue weighted by molar-refractivity contribution is 6.09. The third-order valence-electron chi connectivity index (χ3n) is 6.28. The van der Waals surface area contributed by atoms with Crippen LogP contribution in [0.15, 0.2) is 36.4 Å². The van der Waals surface area contributed by atoms with Gasteiger partial charge in [0, 0.05) is 29.2 Å². The van der Waals surface area contributed by atoms with Crippen LogP contribution < -0.4 is 14.8 Å². The summed E-state index contributed by atoms with van der Waals surface area (Å²) in [4.78, 5) is 29.0. The molecule has 0 unspecified atom stereocenters. The number of rotatable bonds is 4. The van der Waals surface area contributed by atoms with Crippen molar-refractivity contribution in [3.63, 3.8) is 0 Å². The van der Waals surface area contributed by atoms with E-state index in [-0.39, 0.29) is 25.3 Å². The molecule has 162 valence electrons. The molecule has 1 aliphatic heterocycles. The second kappa shape index (κ2) is 6.61. The number of H-pyrrole nitrogens is 1. The Kier molecular flexibility index (Phi) is 4.19. The van der Waals surface area contributed by atoms with Crippen LogP contribution in [0.4, 0.5) is 5.69 Å². The molecule has 0 bridgehead atoms. The Bertz CT molecular complexity index is 1230. The summed E-state index contributed by atoms with van der Waals surface area (Å²) in [5.41, 5.74) is 3.36. The molecule has 1 saturated carbocycles. The van der Waals surface area contributed by atoms with Gasteiger partial charge in [0.25, 0.3) is 0 Å². The molecule has 1 fully saturated rings. The van der Waals surface area contributed by atoms with Gasteiger partial charge in [-0.25, -0.2) is 0 Å². The molecule has 1 aromatic heterocycles. The van der Waals surface area contributed by atoms with Crippen LogP contribution >= 0.6 is 0 Å². The van der Waals surface area contributed by atoms with E-state index in [0.717, 1.165) is 35.0 Å². The standard InChI is InChI=1S/C25H26N2O4.H2/c1-14(28)18-12-17(9-15-10-21(24(2,3)4)27-22(15)18)26-23(29)25(7-8-25)16-5-6-19-20(11-16)31-13-30-19;/h5-6,9-12,27H,7-8,13H2,1-4H3,(H,26,29);1H. The highest BCUT2D eigenvalue weighted by atomic mass is 16.7. The van der Waals surface area contributed by atoms with Crippen LogP contribution in [0, 0.1) is 0 Å². The highest BCUT2D eigenvalue weighted by Crippen LogP contribution is 2.51. The van der Waals surface area contributed by atoms with E-state index in [1.165, 1.54) is 0 Å². The van der Waals surface area contributed by atoms with Crippen molar-refractivity contribution in [2.45, 2.75) is 51.4 Å². The molecule has 3 aromatic rings. The number of carbonyl (C=O) groups is 2. The maximum atomic E-state index is 13.3. The number of ether oxygens (including phenoxy) is 2. The fraction of sp³-hybridized carbons (Fsp3) is 0.360. The second-order valence-electron chi connectivity index (χ2n) is 9.58. The van der Waals surface area contributed by atoms with Crippen LogP contribution in [0.2, 0.25) is 0 Å². The van der Waals surface area contributed by atoms with Crippen LogP contribution in [0.5, 0.6) is 11.5 Å². The van der Waals surface area contributed by atoms with Crippen molar-refractivity contribution in [1.82, 2.24) is 4.98 Å². The summed E-state index contributed by atoms with van der Waals surface area (Å²) in [7, 11) is 0. The number of ketones is 1. The normalized spacial score (nSPS) is 16.4. The lowest BCUT2D eigenvalue weighted by Crippen LogP contribution is -2.27. The van der Waals surface area contributed by atoms with Gasteiger partial charge in [-0.05, 0) is 55.7 Å². The van der Waals surface area contributed by atoms with E-state index in [2.05, 4.69) is 37.1 Å². The molecule has 5 rings (SSSR count). The molecule has 6 nitrogen and oxygen atoms in total. The molecule has 2 aromatic carbocycles. The van der Waals surface area contributed by atoms with Crippen LogP contribution in [0.25, 0.3) is 10.9 Å². The summed E-state index contributed by atoms with van der Waals surface area (Å²) in [6.07, 6.45) is 1.55. The lowest BCUT2D eigenvalue weighted by atomic mass is 9.92. The van der Waals surface area contributed by atoms with Gasteiger partial charge in [0.05, 0.1) is 10.9 Å². The van der Waals surface area contributed by atoms with E-state index in [1.807, 2.05) is 24.3 Å². The Morgan fingerprint density at radius 3 is 2.48 bits per heavy atom. The van der Waals surface area contributed by atoms with Crippen LogP contribution in [-0.4, -0.2) is 23.5 Å². The number of anilines is 1. The third kappa shape index (κ3) is 3.26. The Morgan fingerprint density at radius 1 is 1.06 bits per heavy atom. The summed E-state index contributed by atoms with van der Waals surface area (Å²) < 4.78 is 10.9. The van der Waals surface area contributed by atoms with Gasteiger partial charge in [-0.1, -0.05) is 26.8 Å². The molecule has 6 heteroatoms. The zero-order chi connectivity index (χ0) is 22.0. The second-order valence-corrected chi connectivity index (χ2v) is 9.58. The van der Waals surface area contributed by atoms with Gasteiger partial charge in [0.2, 0.25) is 12.7 Å². The average molecular weight is 421 g/mol. The van der Waals surface area contributed by atoms with Crippen molar-refractivity contribution in [2.24, 2.45) is 0 Å². The summed E-state index contributed by atoms with van der Waals surface area (Å²) in [6, 6.07) is 11.5. The SMILES string of the molecule is CC(=O)c1cc(NC(=O)C2(c3ccc4c(c3)OCO4)CC2)cc2cc(C(C)(C)C)[nH]c12.[HH]. The Hall–Kier alpha value is -3.28. The first-order valence-corrected chi connectivity index (χ1v) is 10.6. The summed E-state index contributed by atoms with van der Waals surface area (Å²) >= 11 is 0. The van der Waals surface area contributed by atoms with Crippen LogP contribution in [-0.2, 0) is 15.6 Å². The van der Waals surface area contributed by atoms with E-state index in [1.54, 1.807) is 13.0 Å². The van der Waals surface area contributed by atoms with Gasteiger partial charge in [0.15, 0.2) is 17.3 Å². The number of benzene rings is 2. The van der Waals surface area contributed by atoms with Crippen molar-refractivity contribution < 1.29 is 20.5 Å². The van der Waals surface area contributed by atoms with Gasteiger partial charge in [-0.2, -0.15) is 0 Å². The van der Waals surface area contributed by atoms with Gasteiger partial charge in [-0.3, -0.25) is 9.59 Å². The predicted octanol–water partition coefficient (Wildman–Crippen LogP) is 5.31. The Morgan fingerprint density at radius 2 is 1.81 bits per heavy atom. The van der Waals surface area contributed by atoms with Crippen LogP contribution in [0.3, 0.4) is 0 Å². The Labute approximate surface area is 182 Å². The zero-order valence-electron chi connectivity index (χ0n) is 18.2. The minimum Gasteiger partial charge on any atom is -0.454 e. The number of fused-ring (bicyclic) bond motifs is 2. The predicted molar refractivity (Wildman–Crippen MR) is 121 cm³/mol. The quantitative estimate of drug-likeness (QED) is 0.560. The van der Waals surface area contributed by atoms with Gasteiger partial charge in [0.1, 0.15) is 0 Å². The highest BCUT2D eigenvalue weighted by Gasteiger charge is 2.51. The number of amides is 1. The zero-order valence-corrected chi connectivity index (χ0v) is 18.2. The topological polar surface area (TPSA) is 80.4 Å². The number of aromatic nitrogens is 1. The van der Waals surface area contributed by atoms with E-state index in [0.29, 0.717) is 22.7 Å². The molecule has 2 aliphatic rings. The number of aromatic amines is 1. The molecular formula is C25H28N2O4.